The molecule has 4 aromatic heterocycles. The number of hydrogen-bond donors (Lipinski definition) is 0. The second-order valence-corrected chi connectivity index (χ2v) is 9.11. The molecule has 0 spiro atoms. The Kier molecular flexibility index (Phi) is 10.5. The van der Waals surface area contributed by atoms with Crippen molar-refractivity contribution in [3.8, 4) is 35.6 Å². The molecule has 4 heterocycles. The fraction of sp³-hybridized carbons (Fsp3) is 0. The van der Waals surface area contributed by atoms with Gasteiger partial charge in [-0.2, -0.15) is 10.2 Å². The lowest BCUT2D eigenvalue weighted by atomic mass is 10.3. The van der Waals surface area contributed by atoms with Crippen LogP contribution >= 0.6 is 22.6 Å². The van der Waals surface area contributed by atoms with Crippen molar-refractivity contribution in [1.29, 1.82) is 0 Å². The number of nitrogens with zero attached hydrogens (tertiary/aromatic N) is 6. The van der Waals surface area contributed by atoms with Gasteiger partial charge in [0.2, 0.25) is 0 Å². The van der Waals surface area contributed by atoms with Crippen LogP contribution in [0.4, 0.5) is 8.78 Å². The van der Waals surface area contributed by atoms with E-state index in [4.69, 9.17) is 6.42 Å². The van der Waals surface area contributed by atoms with E-state index in [1.165, 1.54) is 24.3 Å². The minimum absolute atomic E-state index is 0.231. The molecule has 0 N–H and O–H groups in total. The van der Waals surface area contributed by atoms with Gasteiger partial charge in [0.15, 0.2) is 0 Å². The number of aromatic nitrogens is 6. The Labute approximate surface area is 249 Å². The molecule has 0 bridgehead atoms. The number of terminal acetylenes is 1. The van der Waals surface area contributed by atoms with E-state index in [1.54, 1.807) is 64.4 Å². The largest absolute Gasteiger partial charge is 0.248 e. The van der Waals surface area contributed by atoms with E-state index < -0.39 is 0 Å². The van der Waals surface area contributed by atoms with Crippen molar-refractivity contribution >= 4 is 22.6 Å². The van der Waals surface area contributed by atoms with Crippen molar-refractivity contribution in [2.24, 2.45) is 0 Å². The molecular formula is C32H21F2IN6. The van der Waals surface area contributed by atoms with Crippen LogP contribution in [0.1, 0.15) is 17.1 Å². The average Bonchev–Trinajstić information content (AvgIpc) is 3.68. The fourth-order valence-corrected chi connectivity index (χ4v) is 3.57. The van der Waals surface area contributed by atoms with Gasteiger partial charge < -0.3 is 0 Å². The standard InChI is InChI=1S/C16H10FN3.C9H6FIN2.C7H5N/c17-13-4-8-16(9-5-13)20-12-10-15(19-20)7-6-14-3-1-2-11-18-14;10-7-1-3-8(4-2-7)13-6-5-9(11)12-13;1-2-7-5-3-4-6-8-7/h1-5,8-12H;1-6H;1,3-6H. The predicted molar refractivity (Wildman–Crippen MR) is 162 cm³/mol. The predicted octanol–water partition coefficient (Wildman–Crippen LogP) is 6.49. The van der Waals surface area contributed by atoms with Crippen molar-refractivity contribution in [3.05, 3.63) is 154 Å². The van der Waals surface area contributed by atoms with E-state index in [0.29, 0.717) is 17.1 Å². The summed E-state index contributed by atoms with van der Waals surface area (Å²) in [7, 11) is 0. The second-order valence-electron chi connectivity index (χ2n) is 8.01. The number of rotatable bonds is 2. The fourth-order valence-electron chi connectivity index (χ4n) is 3.18. The lowest BCUT2D eigenvalue weighted by molar-refractivity contribution is 0.626. The van der Waals surface area contributed by atoms with Gasteiger partial charge >= 0.3 is 0 Å². The Bertz CT molecular complexity index is 1760. The number of halogens is 3. The van der Waals surface area contributed by atoms with Crippen molar-refractivity contribution in [1.82, 2.24) is 29.5 Å². The topological polar surface area (TPSA) is 61.4 Å². The van der Waals surface area contributed by atoms with E-state index in [-0.39, 0.29) is 11.6 Å². The van der Waals surface area contributed by atoms with Gasteiger partial charge in [-0.25, -0.2) is 28.1 Å². The maximum absolute atomic E-state index is 12.9. The molecule has 0 radical (unpaired) electrons. The molecule has 0 fully saturated rings. The summed E-state index contributed by atoms with van der Waals surface area (Å²) in [5, 5.41) is 8.51. The van der Waals surface area contributed by atoms with E-state index >= 15 is 0 Å². The summed E-state index contributed by atoms with van der Waals surface area (Å²) in [5.74, 6) is 7.80. The van der Waals surface area contributed by atoms with Crippen LogP contribution in [0.2, 0.25) is 0 Å². The van der Waals surface area contributed by atoms with Gasteiger partial charge in [-0.05, 0) is 119 Å². The summed E-state index contributed by atoms with van der Waals surface area (Å²) in [6, 6.07) is 27.1. The first-order valence-corrected chi connectivity index (χ1v) is 13.2. The maximum Gasteiger partial charge on any atom is 0.136 e. The third-order valence-electron chi connectivity index (χ3n) is 5.12. The lowest BCUT2D eigenvalue weighted by Crippen LogP contribution is -1.94. The molecule has 0 atom stereocenters. The van der Waals surface area contributed by atoms with Gasteiger partial charge in [0, 0.05) is 24.8 Å². The first-order valence-electron chi connectivity index (χ1n) is 12.1. The van der Waals surface area contributed by atoms with Crippen LogP contribution in [0.15, 0.2) is 122 Å². The number of benzene rings is 2. The van der Waals surface area contributed by atoms with Crippen LogP contribution in [0, 0.1) is 39.5 Å². The van der Waals surface area contributed by atoms with Crippen molar-refractivity contribution in [3.63, 3.8) is 0 Å². The van der Waals surface area contributed by atoms with Crippen molar-refractivity contribution < 1.29 is 8.78 Å². The quantitative estimate of drug-likeness (QED) is 0.158. The molecule has 6 aromatic rings. The molecule has 200 valence electrons. The van der Waals surface area contributed by atoms with Crippen LogP contribution in [0.5, 0.6) is 0 Å². The summed E-state index contributed by atoms with van der Waals surface area (Å²) in [6.07, 6.45) is 12.0. The molecule has 0 saturated carbocycles. The van der Waals surface area contributed by atoms with Gasteiger partial charge in [-0.15, -0.1) is 6.42 Å². The SMILES string of the molecule is C#Cc1ccccn1.Fc1ccc(-n2ccc(C#Cc3ccccn3)n2)cc1.Fc1ccc(-n2ccc(I)n2)cc1. The average molecular weight is 654 g/mol. The summed E-state index contributed by atoms with van der Waals surface area (Å²) >= 11 is 2.13. The second kappa shape index (κ2) is 14.9. The minimum Gasteiger partial charge on any atom is -0.248 e. The van der Waals surface area contributed by atoms with Crippen LogP contribution in [0.3, 0.4) is 0 Å². The first-order chi connectivity index (χ1) is 20.0. The van der Waals surface area contributed by atoms with Crippen LogP contribution in [-0.2, 0) is 0 Å². The highest BCUT2D eigenvalue weighted by Crippen LogP contribution is 2.10. The zero-order valence-electron chi connectivity index (χ0n) is 21.4. The highest BCUT2D eigenvalue weighted by atomic mass is 127. The normalized spacial score (nSPS) is 9.61. The smallest absolute Gasteiger partial charge is 0.136 e. The molecule has 2 aromatic carbocycles. The molecule has 9 heteroatoms. The van der Waals surface area contributed by atoms with E-state index in [1.807, 2.05) is 42.6 Å². The number of pyridine rings is 2. The summed E-state index contributed by atoms with van der Waals surface area (Å²) in [6.45, 7) is 0. The molecule has 0 saturated heterocycles. The van der Waals surface area contributed by atoms with E-state index in [9.17, 15) is 8.78 Å². The highest BCUT2D eigenvalue weighted by molar-refractivity contribution is 14.1. The third kappa shape index (κ3) is 9.24. The van der Waals surface area contributed by atoms with Crippen LogP contribution in [0.25, 0.3) is 11.4 Å². The summed E-state index contributed by atoms with van der Waals surface area (Å²) in [5.41, 5.74) is 3.68. The number of hydrogen-bond acceptors (Lipinski definition) is 4. The molecule has 0 unspecified atom stereocenters. The first kappa shape index (κ1) is 28.9. The Hall–Kier alpha value is -5.13. The summed E-state index contributed by atoms with van der Waals surface area (Å²) < 4.78 is 29.7. The van der Waals surface area contributed by atoms with Gasteiger partial charge in [-0.1, -0.05) is 18.1 Å². The van der Waals surface area contributed by atoms with Gasteiger partial charge in [0.25, 0.3) is 0 Å². The molecule has 6 nitrogen and oxygen atoms in total. The Morgan fingerprint density at radius 1 is 0.585 bits per heavy atom. The zero-order chi connectivity index (χ0) is 28.9. The molecule has 0 aliphatic carbocycles. The molecule has 41 heavy (non-hydrogen) atoms. The van der Waals surface area contributed by atoms with Crippen LogP contribution in [-0.4, -0.2) is 29.5 Å². The molecule has 0 amide bonds. The van der Waals surface area contributed by atoms with Crippen molar-refractivity contribution in [2.45, 2.75) is 0 Å². The van der Waals surface area contributed by atoms with E-state index in [2.05, 4.69) is 60.5 Å². The highest BCUT2D eigenvalue weighted by Gasteiger charge is 2.00. The lowest BCUT2D eigenvalue weighted by Gasteiger charge is -1.99. The Morgan fingerprint density at radius 3 is 1.56 bits per heavy atom. The van der Waals surface area contributed by atoms with Gasteiger partial charge in [0.1, 0.15) is 32.4 Å². The molecule has 6 rings (SSSR count). The summed E-state index contributed by atoms with van der Waals surface area (Å²) in [4.78, 5) is 7.98. The zero-order valence-corrected chi connectivity index (χ0v) is 23.6. The monoisotopic (exact) mass is 654 g/mol. The molecular weight excluding hydrogens is 633 g/mol. The van der Waals surface area contributed by atoms with E-state index in [0.717, 1.165) is 15.1 Å². The van der Waals surface area contributed by atoms with Gasteiger partial charge in [-0.3, -0.25) is 0 Å². The van der Waals surface area contributed by atoms with Gasteiger partial charge in [0.05, 0.1) is 11.4 Å². The third-order valence-corrected chi connectivity index (χ3v) is 5.70. The minimum atomic E-state index is -0.268. The molecule has 0 aliphatic rings. The molecule has 0 aliphatic heterocycles. The van der Waals surface area contributed by atoms with Crippen molar-refractivity contribution in [2.75, 3.05) is 0 Å². The maximum atomic E-state index is 12.9. The Balaban J connectivity index is 0.000000158. The van der Waals surface area contributed by atoms with Crippen LogP contribution < -0.4 is 0 Å². The Morgan fingerprint density at radius 2 is 1.10 bits per heavy atom.